The Hall–Kier alpha value is -2.07. The van der Waals surface area contributed by atoms with Crippen molar-refractivity contribution in [3.8, 4) is 0 Å². The number of nitrogens with zero attached hydrogens (tertiary/aromatic N) is 1. The molecule has 0 radical (unpaired) electrons. The Labute approximate surface area is 111 Å². The monoisotopic (exact) mass is 263 g/mol. The van der Waals surface area contributed by atoms with E-state index < -0.39 is 0 Å². The Morgan fingerprint density at radius 3 is 2.67 bits per heavy atom. The summed E-state index contributed by atoms with van der Waals surface area (Å²) in [6, 6.07) is 8.77. The number of hydrogen-bond donors (Lipinski definition) is 2. The number of para-hydroxylation sites is 1. The Morgan fingerprint density at radius 2 is 2.06 bits per heavy atom. The van der Waals surface area contributed by atoms with E-state index in [4.69, 9.17) is 11.6 Å². The van der Waals surface area contributed by atoms with Gasteiger partial charge < -0.3 is 10.6 Å². The first-order valence-electron chi connectivity index (χ1n) is 5.26. The zero-order valence-corrected chi connectivity index (χ0v) is 10.7. The fourth-order valence-corrected chi connectivity index (χ4v) is 1.16. The lowest BCUT2D eigenvalue weighted by Gasteiger charge is -2.06. The highest BCUT2D eigenvalue weighted by molar-refractivity contribution is 6.64. The normalized spacial score (nSPS) is 11.3. The molecule has 0 bridgehead atoms. The standard InChI is InChI=1S/C13H14ClN3O/c1-10(8-9-15-11(2)14)16-13(18)17-12-6-4-3-5-7-12/h3-9H,1H2,2H3,(H2,16,17,18)/b9-8-,15-11+. The van der Waals surface area contributed by atoms with Gasteiger partial charge >= 0.3 is 6.03 Å². The van der Waals surface area contributed by atoms with Crippen LogP contribution in [0, 0.1) is 0 Å². The van der Waals surface area contributed by atoms with Gasteiger partial charge in [-0.3, -0.25) is 0 Å². The van der Waals surface area contributed by atoms with Crippen molar-refractivity contribution in [2.45, 2.75) is 6.92 Å². The lowest BCUT2D eigenvalue weighted by Crippen LogP contribution is -2.26. The number of anilines is 1. The lowest BCUT2D eigenvalue weighted by atomic mass is 10.3. The van der Waals surface area contributed by atoms with E-state index in [1.165, 1.54) is 6.20 Å². The first kappa shape index (κ1) is 14.0. The van der Waals surface area contributed by atoms with Crippen LogP contribution < -0.4 is 10.6 Å². The van der Waals surface area contributed by atoms with E-state index in [0.29, 0.717) is 16.6 Å². The van der Waals surface area contributed by atoms with Gasteiger partial charge in [-0.05, 0) is 25.1 Å². The summed E-state index contributed by atoms with van der Waals surface area (Å²) in [6.45, 7) is 5.32. The predicted octanol–water partition coefficient (Wildman–Crippen LogP) is 3.49. The van der Waals surface area contributed by atoms with E-state index in [9.17, 15) is 4.79 Å². The number of allylic oxidation sites excluding steroid dienone is 1. The van der Waals surface area contributed by atoms with Crippen LogP contribution >= 0.6 is 11.6 Å². The molecule has 0 aliphatic carbocycles. The Bertz CT molecular complexity index is 476. The molecule has 5 heteroatoms. The molecule has 0 unspecified atom stereocenters. The number of amides is 2. The number of carbonyl (C=O) groups excluding carboxylic acids is 1. The molecular weight excluding hydrogens is 250 g/mol. The first-order chi connectivity index (χ1) is 8.58. The summed E-state index contributed by atoms with van der Waals surface area (Å²) in [4.78, 5) is 15.4. The maximum atomic E-state index is 11.5. The van der Waals surface area contributed by atoms with Crippen molar-refractivity contribution in [2.75, 3.05) is 5.32 Å². The summed E-state index contributed by atoms with van der Waals surface area (Å²) in [5.74, 6) is 0. The van der Waals surface area contributed by atoms with E-state index in [1.54, 1.807) is 25.1 Å². The molecule has 0 fully saturated rings. The predicted molar refractivity (Wildman–Crippen MR) is 75.8 cm³/mol. The van der Waals surface area contributed by atoms with Crippen LogP contribution in [0.15, 0.2) is 59.9 Å². The van der Waals surface area contributed by atoms with Crippen molar-refractivity contribution in [3.63, 3.8) is 0 Å². The maximum absolute atomic E-state index is 11.5. The average Bonchev–Trinajstić information content (AvgIpc) is 2.29. The zero-order chi connectivity index (χ0) is 13.4. The van der Waals surface area contributed by atoms with Gasteiger partial charge in [0.2, 0.25) is 0 Å². The highest BCUT2D eigenvalue weighted by Gasteiger charge is 2.00. The first-order valence-corrected chi connectivity index (χ1v) is 5.64. The SMILES string of the molecule is C=C(/C=C\N=C(/C)Cl)NC(=O)Nc1ccccc1. The van der Waals surface area contributed by atoms with Crippen LogP contribution in [0.4, 0.5) is 10.5 Å². The van der Waals surface area contributed by atoms with Crippen molar-refractivity contribution in [3.05, 3.63) is 54.9 Å². The summed E-state index contributed by atoms with van der Waals surface area (Å²) in [6.07, 6.45) is 3.02. The second kappa shape index (κ2) is 7.29. The molecular formula is C13H14ClN3O. The third-order valence-electron chi connectivity index (χ3n) is 1.83. The molecule has 0 aliphatic heterocycles. The Morgan fingerprint density at radius 1 is 1.39 bits per heavy atom. The van der Waals surface area contributed by atoms with Crippen molar-refractivity contribution in [1.82, 2.24) is 5.32 Å². The second-order valence-electron chi connectivity index (χ2n) is 3.41. The van der Waals surface area contributed by atoms with E-state index in [2.05, 4.69) is 22.2 Å². The maximum Gasteiger partial charge on any atom is 0.323 e. The molecule has 0 aliphatic rings. The molecule has 4 nitrogen and oxygen atoms in total. The van der Waals surface area contributed by atoms with Gasteiger partial charge in [-0.2, -0.15) is 0 Å². The topological polar surface area (TPSA) is 53.5 Å². The van der Waals surface area contributed by atoms with Gasteiger partial charge in [-0.1, -0.05) is 36.4 Å². The smallest absolute Gasteiger partial charge is 0.308 e. The molecule has 0 atom stereocenters. The number of aliphatic imine (C=N–C) groups is 1. The highest BCUT2D eigenvalue weighted by atomic mass is 35.5. The summed E-state index contributed by atoms with van der Waals surface area (Å²) in [5.41, 5.74) is 1.13. The number of nitrogens with one attached hydrogen (secondary N) is 2. The van der Waals surface area contributed by atoms with E-state index in [0.717, 1.165) is 0 Å². The minimum Gasteiger partial charge on any atom is -0.308 e. The van der Waals surface area contributed by atoms with Crippen molar-refractivity contribution in [1.29, 1.82) is 0 Å². The van der Waals surface area contributed by atoms with Crippen molar-refractivity contribution < 1.29 is 4.79 Å². The zero-order valence-electron chi connectivity index (χ0n) is 9.98. The number of rotatable bonds is 4. The molecule has 2 amide bonds. The fourth-order valence-electron chi connectivity index (χ4n) is 1.10. The van der Waals surface area contributed by atoms with E-state index in [-0.39, 0.29) is 6.03 Å². The van der Waals surface area contributed by atoms with Crippen LogP contribution in [0.3, 0.4) is 0 Å². The highest BCUT2D eigenvalue weighted by Crippen LogP contribution is 2.04. The van der Waals surface area contributed by atoms with Crippen LogP contribution in [0.25, 0.3) is 0 Å². The Balaban J connectivity index is 2.43. The van der Waals surface area contributed by atoms with Gasteiger partial charge in [0.1, 0.15) is 5.17 Å². The summed E-state index contributed by atoms with van der Waals surface area (Å²) in [5, 5.41) is 5.63. The number of halogens is 1. The largest absolute Gasteiger partial charge is 0.323 e. The fraction of sp³-hybridized carbons (Fsp3) is 0.0769. The summed E-state index contributed by atoms with van der Waals surface area (Å²) >= 11 is 5.54. The molecule has 0 saturated carbocycles. The second-order valence-corrected chi connectivity index (χ2v) is 3.96. The molecule has 1 rings (SSSR count). The van der Waals surface area contributed by atoms with E-state index >= 15 is 0 Å². The molecule has 0 aromatic heterocycles. The van der Waals surface area contributed by atoms with E-state index in [1.807, 2.05) is 18.2 Å². The molecule has 94 valence electrons. The van der Waals surface area contributed by atoms with Crippen LogP contribution in [-0.2, 0) is 0 Å². The molecule has 1 aromatic rings. The van der Waals surface area contributed by atoms with Crippen molar-refractivity contribution >= 4 is 28.5 Å². The minimum atomic E-state index is -0.359. The number of carbonyl (C=O) groups is 1. The quantitative estimate of drug-likeness (QED) is 0.634. The number of urea groups is 1. The summed E-state index contributed by atoms with van der Waals surface area (Å²) in [7, 11) is 0. The summed E-state index contributed by atoms with van der Waals surface area (Å²) < 4.78 is 0. The number of benzene rings is 1. The number of hydrogen-bond acceptors (Lipinski definition) is 2. The molecule has 0 heterocycles. The lowest BCUT2D eigenvalue weighted by molar-refractivity contribution is 0.254. The Kier molecular flexibility index (Phi) is 5.67. The molecule has 0 saturated heterocycles. The van der Waals surface area contributed by atoms with Gasteiger partial charge in [0.15, 0.2) is 0 Å². The van der Waals surface area contributed by atoms with Crippen molar-refractivity contribution in [2.24, 2.45) is 4.99 Å². The van der Waals surface area contributed by atoms with Gasteiger partial charge in [0.25, 0.3) is 0 Å². The third kappa shape index (κ3) is 5.86. The van der Waals surface area contributed by atoms with Crippen LogP contribution in [0.5, 0.6) is 0 Å². The van der Waals surface area contributed by atoms with Gasteiger partial charge in [0, 0.05) is 17.6 Å². The molecule has 1 aromatic carbocycles. The molecule has 18 heavy (non-hydrogen) atoms. The molecule has 2 N–H and O–H groups in total. The van der Waals surface area contributed by atoms with Gasteiger partial charge in [-0.25, -0.2) is 9.79 Å². The van der Waals surface area contributed by atoms with Crippen LogP contribution in [-0.4, -0.2) is 11.2 Å². The average molecular weight is 264 g/mol. The van der Waals surface area contributed by atoms with Crippen LogP contribution in [0.2, 0.25) is 0 Å². The third-order valence-corrected chi connectivity index (χ3v) is 1.93. The molecule has 0 spiro atoms. The van der Waals surface area contributed by atoms with Gasteiger partial charge in [-0.15, -0.1) is 0 Å². The minimum absolute atomic E-state index is 0.359. The van der Waals surface area contributed by atoms with Crippen LogP contribution in [0.1, 0.15) is 6.92 Å². The van der Waals surface area contributed by atoms with Gasteiger partial charge in [0.05, 0.1) is 0 Å².